The highest BCUT2D eigenvalue weighted by Crippen LogP contribution is 2.25. The predicted molar refractivity (Wildman–Crippen MR) is 169 cm³/mol. The maximum atomic E-state index is 12.9. The number of amides is 1. The molecule has 2 aromatic heterocycles. The summed E-state index contributed by atoms with van der Waals surface area (Å²) in [5.74, 6) is -0.406. The van der Waals surface area contributed by atoms with Crippen molar-refractivity contribution in [3.05, 3.63) is 102 Å². The van der Waals surface area contributed by atoms with Gasteiger partial charge >= 0.3 is 0 Å². The molecule has 6 rings (SSSR count). The Morgan fingerprint density at radius 2 is 1.56 bits per heavy atom. The molecule has 0 saturated carbocycles. The number of aromatic nitrogens is 3. The molecule has 1 aliphatic rings. The van der Waals surface area contributed by atoms with Crippen molar-refractivity contribution in [1.82, 2.24) is 24.1 Å². The van der Waals surface area contributed by atoms with Crippen LogP contribution in [0.15, 0.2) is 90.0 Å². The van der Waals surface area contributed by atoms with E-state index < -0.39 is 15.7 Å². The second-order valence-electron chi connectivity index (χ2n) is 11.3. The van der Waals surface area contributed by atoms with Gasteiger partial charge < -0.3 is 15.2 Å². The van der Waals surface area contributed by atoms with Crippen molar-refractivity contribution in [1.29, 1.82) is 0 Å². The third kappa shape index (κ3) is 6.27. The van der Waals surface area contributed by atoms with Crippen molar-refractivity contribution >= 4 is 26.6 Å². The lowest BCUT2D eigenvalue weighted by molar-refractivity contribution is 0.0995. The van der Waals surface area contributed by atoms with Gasteiger partial charge in [-0.25, -0.2) is 13.1 Å². The number of carbonyl (C=O) groups excluding carboxylic acids is 1. The molecule has 2 N–H and O–H groups in total. The van der Waals surface area contributed by atoms with Crippen molar-refractivity contribution in [2.75, 3.05) is 45.5 Å². The Balaban J connectivity index is 1.11. The Morgan fingerprint density at radius 3 is 2.21 bits per heavy atom. The van der Waals surface area contributed by atoms with Gasteiger partial charge in [0.2, 0.25) is 0 Å². The third-order valence-corrected chi connectivity index (χ3v) is 9.98. The zero-order valence-corrected chi connectivity index (χ0v) is 25.3. The number of fused-ring (bicyclic) bond motifs is 1. The van der Waals surface area contributed by atoms with Crippen LogP contribution in [0.1, 0.15) is 21.7 Å². The van der Waals surface area contributed by atoms with Crippen LogP contribution in [0, 0.1) is 6.92 Å². The first kappa shape index (κ1) is 28.9. The molecule has 3 heterocycles. The number of nitrogens with zero attached hydrogens (tertiary/aromatic N) is 5. The van der Waals surface area contributed by atoms with E-state index in [1.807, 2.05) is 25.1 Å². The van der Waals surface area contributed by atoms with Crippen LogP contribution in [0.25, 0.3) is 27.7 Å². The van der Waals surface area contributed by atoms with Crippen LogP contribution in [-0.4, -0.2) is 84.0 Å². The highest BCUT2D eigenvalue weighted by Gasteiger charge is 2.19. The van der Waals surface area contributed by atoms with Crippen molar-refractivity contribution in [2.24, 2.45) is 5.73 Å². The fourth-order valence-corrected chi connectivity index (χ4v) is 6.89. The number of benzene rings is 3. The molecule has 1 amide bonds. The maximum absolute atomic E-state index is 12.9. The third-order valence-electron chi connectivity index (χ3n) is 8.26. The van der Waals surface area contributed by atoms with E-state index in [0.29, 0.717) is 18.0 Å². The lowest BCUT2D eigenvalue weighted by Crippen LogP contribution is -2.45. The number of carbonyl (C=O) groups is 1. The number of sulfone groups is 1. The first-order valence-corrected chi connectivity index (χ1v) is 16.1. The van der Waals surface area contributed by atoms with Crippen LogP contribution >= 0.6 is 0 Å². The Bertz CT molecular complexity index is 1870. The first-order valence-electron chi connectivity index (χ1n) is 14.4. The van der Waals surface area contributed by atoms with Crippen LogP contribution in [0.4, 0.5) is 0 Å². The van der Waals surface area contributed by atoms with E-state index in [-0.39, 0.29) is 11.4 Å². The molecule has 9 nitrogen and oxygen atoms in total. The second-order valence-corrected chi connectivity index (χ2v) is 13.4. The average molecular weight is 597 g/mol. The van der Waals surface area contributed by atoms with Gasteiger partial charge in [-0.05, 0) is 73.1 Å². The normalized spacial score (nSPS) is 14.8. The summed E-state index contributed by atoms with van der Waals surface area (Å²) >= 11 is 0. The largest absolute Gasteiger partial charge is 0.364 e. The van der Waals surface area contributed by atoms with Gasteiger partial charge in [-0.3, -0.25) is 9.69 Å². The Kier molecular flexibility index (Phi) is 7.91. The fourth-order valence-electron chi connectivity index (χ4n) is 5.61. The maximum Gasteiger partial charge on any atom is 0.269 e. The molecule has 0 radical (unpaired) electrons. The summed E-state index contributed by atoms with van der Waals surface area (Å²) in [5.41, 5.74) is 11.6. The predicted octanol–water partition coefficient (Wildman–Crippen LogP) is 3.97. The van der Waals surface area contributed by atoms with Crippen LogP contribution < -0.4 is 5.73 Å². The molecule has 0 atom stereocenters. The van der Waals surface area contributed by atoms with Gasteiger partial charge in [0.05, 0.1) is 16.3 Å². The van der Waals surface area contributed by atoms with Gasteiger partial charge in [-0.2, -0.15) is 5.10 Å². The van der Waals surface area contributed by atoms with Crippen molar-refractivity contribution in [3.63, 3.8) is 0 Å². The molecule has 5 aromatic rings. The SMILES string of the molecule is Cc1cc(C(N)=O)nn1-c1ccc2c(ccn2Cc2ccc(-c3ccc(S(=O)(=O)CCN4CCN(C)CC4)cc3)cc2)c1. The number of hydrogen-bond donors (Lipinski definition) is 1. The molecule has 1 saturated heterocycles. The summed E-state index contributed by atoms with van der Waals surface area (Å²) in [5, 5.41) is 5.41. The minimum absolute atomic E-state index is 0.138. The number of rotatable bonds is 9. The molecular weight excluding hydrogens is 560 g/mol. The Labute approximate surface area is 252 Å². The topological polar surface area (TPSA) is 106 Å². The molecule has 43 heavy (non-hydrogen) atoms. The van der Waals surface area contributed by atoms with Crippen LogP contribution in [0.2, 0.25) is 0 Å². The monoisotopic (exact) mass is 596 g/mol. The molecule has 0 aliphatic carbocycles. The number of nitrogens with two attached hydrogens (primary N) is 1. The summed E-state index contributed by atoms with van der Waals surface area (Å²) in [6.45, 7) is 6.95. The molecule has 0 unspecified atom stereocenters. The Hall–Kier alpha value is -4.25. The lowest BCUT2D eigenvalue weighted by Gasteiger charge is -2.32. The zero-order valence-electron chi connectivity index (χ0n) is 24.5. The highest BCUT2D eigenvalue weighted by atomic mass is 32.2. The molecule has 10 heteroatoms. The van der Waals surface area contributed by atoms with Crippen LogP contribution in [0.5, 0.6) is 0 Å². The summed E-state index contributed by atoms with van der Waals surface area (Å²) in [7, 11) is -1.24. The lowest BCUT2D eigenvalue weighted by atomic mass is 10.0. The van der Waals surface area contributed by atoms with Gasteiger partial charge in [-0.1, -0.05) is 36.4 Å². The second kappa shape index (κ2) is 11.8. The minimum atomic E-state index is -3.33. The summed E-state index contributed by atoms with van der Waals surface area (Å²) in [4.78, 5) is 16.4. The molecule has 222 valence electrons. The molecular formula is C33H36N6O3S. The van der Waals surface area contributed by atoms with E-state index in [4.69, 9.17) is 5.73 Å². The van der Waals surface area contributed by atoms with E-state index in [2.05, 4.69) is 75.2 Å². The number of likely N-dealkylation sites (N-methyl/N-ethyl adjacent to an activating group) is 1. The van der Waals surface area contributed by atoms with Gasteiger partial charge in [0.15, 0.2) is 15.5 Å². The standard InChI is InChI=1S/C33H36N6O3S/c1-24-21-31(33(34)40)35-39(24)29-9-12-32-28(22-29)13-14-38(32)23-25-3-5-26(6-4-25)27-7-10-30(11-8-27)43(41,42)20-19-37-17-15-36(2)16-18-37/h3-14,21-22H,15-20,23H2,1-2H3,(H2,34,40). The van der Waals surface area contributed by atoms with E-state index in [0.717, 1.165) is 65.2 Å². The average Bonchev–Trinajstić information content (AvgIpc) is 3.60. The minimum Gasteiger partial charge on any atom is -0.364 e. The highest BCUT2D eigenvalue weighted by molar-refractivity contribution is 7.91. The number of hydrogen-bond acceptors (Lipinski definition) is 6. The number of primary amides is 1. The van der Waals surface area contributed by atoms with E-state index in [1.54, 1.807) is 22.9 Å². The fraction of sp³-hybridized carbons (Fsp3) is 0.273. The molecule has 0 spiro atoms. The molecule has 0 bridgehead atoms. The first-order chi connectivity index (χ1) is 20.7. The summed E-state index contributed by atoms with van der Waals surface area (Å²) < 4.78 is 29.8. The molecule has 3 aromatic carbocycles. The number of piperazine rings is 1. The van der Waals surface area contributed by atoms with Crippen molar-refractivity contribution in [3.8, 4) is 16.8 Å². The van der Waals surface area contributed by atoms with E-state index >= 15 is 0 Å². The zero-order chi connectivity index (χ0) is 30.1. The van der Waals surface area contributed by atoms with Crippen molar-refractivity contribution < 1.29 is 13.2 Å². The van der Waals surface area contributed by atoms with Gasteiger partial charge in [0.25, 0.3) is 5.91 Å². The summed E-state index contributed by atoms with van der Waals surface area (Å²) in [6, 6.07) is 25.5. The molecule has 1 aliphatic heterocycles. The molecule has 1 fully saturated rings. The number of aryl methyl sites for hydroxylation is 1. The van der Waals surface area contributed by atoms with Crippen molar-refractivity contribution in [2.45, 2.75) is 18.4 Å². The van der Waals surface area contributed by atoms with Crippen LogP contribution in [-0.2, 0) is 16.4 Å². The van der Waals surface area contributed by atoms with E-state index in [1.165, 1.54) is 0 Å². The quantitative estimate of drug-likeness (QED) is 0.276. The van der Waals surface area contributed by atoms with Gasteiger partial charge in [-0.15, -0.1) is 0 Å². The summed E-state index contributed by atoms with van der Waals surface area (Å²) in [6.07, 6.45) is 2.07. The van der Waals surface area contributed by atoms with Crippen LogP contribution in [0.3, 0.4) is 0 Å². The van der Waals surface area contributed by atoms with E-state index in [9.17, 15) is 13.2 Å². The Morgan fingerprint density at radius 1 is 0.884 bits per heavy atom. The van der Waals surface area contributed by atoms with Gasteiger partial charge in [0, 0.05) is 62.1 Å². The van der Waals surface area contributed by atoms with Gasteiger partial charge in [0.1, 0.15) is 0 Å². The smallest absolute Gasteiger partial charge is 0.269 e.